The number of hydrogen-bond acceptors (Lipinski definition) is 3. The van der Waals surface area contributed by atoms with Crippen LogP contribution in [-0.2, 0) is 33.5 Å². The van der Waals surface area contributed by atoms with Crippen molar-refractivity contribution in [3.8, 4) is 34.1 Å². The molecule has 2 heterocycles. The fourth-order valence-corrected chi connectivity index (χ4v) is 4.65. The first-order valence-electron chi connectivity index (χ1n) is 12.4. The molecule has 4 aromatic carbocycles. The van der Waals surface area contributed by atoms with Gasteiger partial charge in [-0.2, -0.15) is 0 Å². The quantitative estimate of drug-likeness (QED) is 0.177. The van der Waals surface area contributed by atoms with Gasteiger partial charge in [0.2, 0.25) is 0 Å². The Morgan fingerprint density at radius 2 is 1.61 bits per heavy atom. The summed E-state index contributed by atoms with van der Waals surface area (Å²) in [5, 5.41) is 2.16. The molecule has 6 aromatic rings. The van der Waals surface area contributed by atoms with Crippen LogP contribution in [0.3, 0.4) is 0 Å². The van der Waals surface area contributed by atoms with Gasteiger partial charge in [0.1, 0.15) is 0 Å². The Labute approximate surface area is 237 Å². The Morgan fingerprint density at radius 3 is 2.42 bits per heavy atom. The van der Waals surface area contributed by atoms with Crippen LogP contribution in [-0.4, -0.2) is 14.5 Å². The van der Waals surface area contributed by atoms with Crippen molar-refractivity contribution in [3.63, 3.8) is 0 Å². The molecule has 0 saturated carbocycles. The van der Waals surface area contributed by atoms with Crippen molar-refractivity contribution in [2.24, 2.45) is 7.05 Å². The molecule has 0 aliphatic heterocycles. The first kappa shape index (κ1) is 25.9. The Hall–Kier alpha value is -3.75. The number of para-hydroxylation sites is 2. The Balaban J connectivity index is 0.00000294. The summed E-state index contributed by atoms with van der Waals surface area (Å²) >= 11 is 0. The van der Waals surface area contributed by atoms with Gasteiger partial charge in [-0.1, -0.05) is 92.2 Å². The number of rotatable bonds is 4. The van der Waals surface area contributed by atoms with Crippen molar-refractivity contribution in [3.05, 3.63) is 109 Å². The standard InChI is InChI=1S/C33H27N3O.Pt/c1-33(2,3)24-16-17-34-30(20-24)28-21-26(18-22-10-5-6-13-27(22)28)37-25-12-9-11-23(19-25)32-35-29-14-7-8-15-31(29)36(32)4;/h5-18,20H,1-4H3;/q-2;+2. The summed E-state index contributed by atoms with van der Waals surface area (Å²) in [7, 11) is 2.02. The molecule has 5 heteroatoms. The van der Waals surface area contributed by atoms with Crippen LogP contribution in [0.1, 0.15) is 26.3 Å². The van der Waals surface area contributed by atoms with E-state index < -0.39 is 0 Å². The van der Waals surface area contributed by atoms with Gasteiger partial charge >= 0.3 is 21.1 Å². The predicted molar refractivity (Wildman–Crippen MR) is 150 cm³/mol. The molecule has 2 aromatic heterocycles. The maximum Gasteiger partial charge on any atom is 2.00 e. The van der Waals surface area contributed by atoms with E-state index in [1.807, 2.05) is 67.8 Å². The number of pyridine rings is 1. The maximum atomic E-state index is 6.35. The number of benzene rings is 4. The summed E-state index contributed by atoms with van der Waals surface area (Å²) in [6.45, 7) is 6.63. The van der Waals surface area contributed by atoms with Gasteiger partial charge < -0.3 is 14.3 Å². The molecule has 0 unspecified atom stereocenters. The SMILES string of the molecule is Cn1c(-c2[c-]c(Oc3[c-]c(-c4cc(C(C)(C)C)ccn4)c4ccccc4c3)ccc2)nc2ccccc21.[Pt+2]. The second kappa shape index (κ2) is 10.2. The molecule has 38 heavy (non-hydrogen) atoms. The third kappa shape index (κ3) is 4.89. The summed E-state index contributed by atoms with van der Waals surface area (Å²) in [4.78, 5) is 9.51. The number of hydrogen-bond donors (Lipinski definition) is 0. The van der Waals surface area contributed by atoms with Crippen molar-refractivity contribution < 1.29 is 25.8 Å². The van der Waals surface area contributed by atoms with Crippen LogP contribution in [0.4, 0.5) is 0 Å². The summed E-state index contributed by atoms with van der Waals surface area (Å²) in [6, 6.07) is 35.4. The Kier molecular flexibility index (Phi) is 6.94. The molecule has 0 atom stereocenters. The van der Waals surface area contributed by atoms with E-state index in [1.165, 1.54) is 5.56 Å². The number of aromatic nitrogens is 3. The molecule has 0 N–H and O–H groups in total. The monoisotopic (exact) mass is 676 g/mol. The number of imidazole rings is 1. The van der Waals surface area contributed by atoms with Gasteiger partial charge in [0.05, 0.1) is 16.9 Å². The molecule has 0 bridgehead atoms. The molecular weight excluding hydrogens is 649 g/mol. The van der Waals surface area contributed by atoms with Gasteiger partial charge in [0.25, 0.3) is 0 Å². The van der Waals surface area contributed by atoms with Crippen molar-refractivity contribution in [2.75, 3.05) is 0 Å². The van der Waals surface area contributed by atoms with E-state index >= 15 is 0 Å². The smallest absolute Gasteiger partial charge is 0.497 e. The third-order valence-electron chi connectivity index (χ3n) is 6.66. The molecule has 0 aliphatic carbocycles. The number of ether oxygens (including phenoxy) is 1. The second-order valence-corrected chi connectivity index (χ2v) is 10.3. The summed E-state index contributed by atoms with van der Waals surface area (Å²) in [6.07, 6.45) is 1.88. The molecule has 0 radical (unpaired) electrons. The van der Waals surface area contributed by atoms with Crippen LogP contribution in [0, 0.1) is 12.1 Å². The van der Waals surface area contributed by atoms with Gasteiger partial charge in [0.15, 0.2) is 0 Å². The van der Waals surface area contributed by atoms with Crippen molar-refractivity contribution in [1.29, 1.82) is 0 Å². The Morgan fingerprint density at radius 1 is 0.816 bits per heavy atom. The molecular formula is C33H27N3OPt. The van der Waals surface area contributed by atoms with Gasteiger partial charge in [-0.3, -0.25) is 4.98 Å². The van der Waals surface area contributed by atoms with Gasteiger partial charge in [-0.25, -0.2) is 0 Å². The fraction of sp³-hybridized carbons (Fsp3) is 0.152. The van der Waals surface area contributed by atoms with E-state index in [9.17, 15) is 0 Å². The minimum absolute atomic E-state index is 0. The first-order valence-corrected chi connectivity index (χ1v) is 12.4. The average Bonchev–Trinajstić information content (AvgIpc) is 3.24. The van der Waals surface area contributed by atoms with Gasteiger partial charge in [-0.15, -0.1) is 29.3 Å². The summed E-state index contributed by atoms with van der Waals surface area (Å²) in [5.41, 5.74) is 5.96. The maximum absolute atomic E-state index is 6.35. The van der Waals surface area contributed by atoms with Gasteiger partial charge in [-0.05, 0) is 34.9 Å². The summed E-state index contributed by atoms with van der Waals surface area (Å²) in [5.74, 6) is 2.08. The number of aryl methyl sites for hydroxylation is 1. The van der Waals surface area contributed by atoms with Crippen molar-refractivity contribution in [1.82, 2.24) is 14.5 Å². The minimum Gasteiger partial charge on any atom is -0.497 e. The van der Waals surface area contributed by atoms with Gasteiger partial charge in [0, 0.05) is 24.7 Å². The van der Waals surface area contributed by atoms with Crippen LogP contribution in [0.15, 0.2) is 91.1 Å². The van der Waals surface area contributed by atoms with Crippen LogP contribution >= 0.6 is 0 Å². The third-order valence-corrected chi connectivity index (χ3v) is 6.66. The van der Waals surface area contributed by atoms with Crippen LogP contribution < -0.4 is 4.74 Å². The van der Waals surface area contributed by atoms with E-state index in [4.69, 9.17) is 14.7 Å². The van der Waals surface area contributed by atoms with Crippen LogP contribution in [0.2, 0.25) is 0 Å². The van der Waals surface area contributed by atoms with Crippen LogP contribution in [0.5, 0.6) is 11.5 Å². The van der Waals surface area contributed by atoms with E-state index in [2.05, 4.69) is 67.8 Å². The molecule has 0 spiro atoms. The molecule has 0 saturated heterocycles. The second-order valence-electron chi connectivity index (χ2n) is 10.3. The minimum atomic E-state index is 0. The zero-order valence-corrected chi connectivity index (χ0v) is 24.0. The average molecular weight is 677 g/mol. The first-order chi connectivity index (χ1) is 17.9. The fourth-order valence-electron chi connectivity index (χ4n) is 4.65. The topological polar surface area (TPSA) is 39.9 Å². The predicted octanol–water partition coefficient (Wildman–Crippen LogP) is 8.14. The van der Waals surface area contributed by atoms with Crippen LogP contribution in [0.25, 0.3) is 44.5 Å². The number of nitrogens with zero attached hydrogens (tertiary/aromatic N) is 3. The van der Waals surface area contributed by atoms with E-state index in [1.54, 1.807) is 0 Å². The Bertz CT molecular complexity index is 1760. The molecule has 0 aliphatic rings. The molecule has 4 nitrogen and oxygen atoms in total. The number of fused-ring (bicyclic) bond motifs is 2. The normalized spacial score (nSPS) is 11.5. The van der Waals surface area contributed by atoms with Crippen molar-refractivity contribution in [2.45, 2.75) is 26.2 Å². The molecule has 6 rings (SSSR count). The summed E-state index contributed by atoms with van der Waals surface area (Å²) < 4.78 is 8.43. The van der Waals surface area contributed by atoms with E-state index in [0.29, 0.717) is 11.5 Å². The molecule has 0 fully saturated rings. The largest absolute Gasteiger partial charge is 2.00 e. The van der Waals surface area contributed by atoms with Crippen molar-refractivity contribution >= 4 is 21.8 Å². The zero-order chi connectivity index (χ0) is 25.6. The zero-order valence-electron chi connectivity index (χ0n) is 21.7. The molecule has 0 amide bonds. The van der Waals surface area contributed by atoms with E-state index in [0.717, 1.165) is 44.5 Å². The molecule has 190 valence electrons. The van der Waals surface area contributed by atoms with E-state index in [-0.39, 0.29) is 26.5 Å².